The first-order valence-corrected chi connectivity index (χ1v) is 8.41. The summed E-state index contributed by atoms with van der Waals surface area (Å²) in [5.41, 5.74) is 1.16. The summed E-state index contributed by atoms with van der Waals surface area (Å²) in [4.78, 5) is 33.0. The van der Waals surface area contributed by atoms with Gasteiger partial charge in [-0.3, -0.25) is 14.6 Å². The lowest BCUT2D eigenvalue weighted by molar-refractivity contribution is -1.06. The van der Waals surface area contributed by atoms with E-state index in [0.29, 0.717) is 16.8 Å². The van der Waals surface area contributed by atoms with Gasteiger partial charge in [-0.25, -0.2) is 20.6 Å². The van der Waals surface area contributed by atoms with E-state index < -0.39 is 28.2 Å². The molecule has 0 aliphatic heterocycles. The van der Waals surface area contributed by atoms with E-state index in [4.69, 9.17) is 5.21 Å². The average molecular weight is 399 g/mol. The Bertz CT molecular complexity index is 1070. The fraction of sp³-hybridized carbons (Fsp3) is 0.111. The zero-order chi connectivity index (χ0) is 21.1. The molecule has 3 aromatic rings. The number of fused-ring (bicyclic) bond motifs is 1. The third-order valence-electron chi connectivity index (χ3n) is 4.23. The molecular formula is C18H17N5O6. The number of amides is 1. The van der Waals surface area contributed by atoms with Gasteiger partial charge in [0.2, 0.25) is 6.04 Å². The molecule has 29 heavy (non-hydrogen) atoms. The Kier molecular flexibility index (Phi) is 5.89. The molecule has 0 saturated carbocycles. The Morgan fingerprint density at radius 2 is 1.83 bits per heavy atom. The summed E-state index contributed by atoms with van der Waals surface area (Å²) in [5.74, 6) is -2.32. The van der Waals surface area contributed by atoms with Crippen molar-refractivity contribution >= 4 is 34.1 Å². The molecule has 0 fully saturated rings. The van der Waals surface area contributed by atoms with Crippen LogP contribution in [0.25, 0.3) is 11.0 Å². The van der Waals surface area contributed by atoms with Crippen molar-refractivity contribution in [1.29, 1.82) is 0 Å². The maximum absolute atomic E-state index is 12.6. The number of aromatic nitrogens is 2. The number of hydrogen-bond acceptors (Lipinski definition) is 8. The van der Waals surface area contributed by atoms with Gasteiger partial charge < -0.3 is 15.7 Å². The van der Waals surface area contributed by atoms with Crippen LogP contribution in [0.5, 0.6) is 0 Å². The molecule has 0 aliphatic rings. The van der Waals surface area contributed by atoms with E-state index in [0.717, 1.165) is 6.20 Å². The molecule has 2 aromatic carbocycles. The average Bonchev–Trinajstić information content (AvgIpc) is 2.68. The number of benzene rings is 2. The van der Waals surface area contributed by atoms with Crippen LogP contribution in [0.1, 0.15) is 17.3 Å². The van der Waals surface area contributed by atoms with E-state index in [-0.39, 0.29) is 16.9 Å². The summed E-state index contributed by atoms with van der Waals surface area (Å²) >= 11 is 0. The van der Waals surface area contributed by atoms with Crippen LogP contribution in [0.3, 0.4) is 0 Å². The predicted molar refractivity (Wildman–Crippen MR) is 99.0 cm³/mol. The molecule has 0 radical (unpaired) electrons. The lowest BCUT2D eigenvalue weighted by Gasteiger charge is -2.22. The molecule has 150 valence electrons. The molecule has 11 nitrogen and oxygen atoms in total. The van der Waals surface area contributed by atoms with Gasteiger partial charge in [-0.1, -0.05) is 18.2 Å². The highest BCUT2D eigenvalue weighted by molar-refractivity contribution is 6.42. The zero-order valence-electron chi connectivity index (χ0n) is 15.1. The zero-order valence-corrected chi connectivity index (χ0v) is 15.1. The number of hydroxylamine groups is 2. The molecule has 0 spiro atoms. The van der Waals surface area contributed by atoms with Gasteiger partial charge in [0.05, 0.1) is 17.2 Å². The summed E-state index contributed by atoms with van der Waals surface area (Å²) in [6.07, 6.45) is 1.08. The lowest BCUT2D eigenvalue weighted by Crippen LogP contribution is -3.06. The second-order valence-corrected chi connectivity index (χ2v) is 6.21. The monoisotopic (exact) mass is 399 g/mol. The van der Waals surface area contributed by atoms with Crippen molar-refractivity contribution in [2.24, 2.45) is 0 Å². The standard InChI is InChI=1S/C18H17N5O6/c1-10-4-2-3-5-12(10)21-18(25)17(24)16(23(28)29)15-9-19-13-7-6-11(22(26)27)8-14(13)20-15/h2-9,16,22-23,26,28H,1H3,(H,21,25). The Labute approximate surface area is 163 Å². The van der Waals surface area contributed by atoms with E-state index in [1.165, 1.54) is 18.2 Å². The maximum Gasteiger partial charge on any atom is 0.298 e. The lowest BCUT2D eigenvalue weighted by atomic mass is 10.1. The largest absolute Gasteiger partial charge is 0.599 e. The highest BCUT2D eigenvalue weighted by Crippen LogP contribution is 2.18. The number of nitrogens with one attached hydrogen (secondary N) is 3. The molecular weight excluding hydrogens is 382 g/mol. The van der Waals surface area contributed by atoms with Crippen LogP contribution >= 0.6 is 0 Å². The van der Waals surface area contributed by atoms with Crippen molar-refractivity contribution in [2.75, 3.05) is 5.32 Å². The normalized spacial score (nSPS) is 14.2. The Morgan fingerprint density at radius 1 is 1.10 bits per heavy atom. The van der Waals surface area contributed by atoms with Crippen LogP contribution < -0.4 is 15.8 Å². The number of anilines is 1. The number of rotatable bonds is 6. The SMILES string of the molecule is Cc1ccccc1NC(=O)C(=O)C(c1cnc2ccc([NH+]([O-])O)cc2n1)[NH+]([O-])O. The second-order valence-electron chi connectivity index (χ2n) is 6.21. The maximum atomic E-state index is 12.6. The van der Waals surface area contributed by atoms with Gasteiger partial charge in [0.25, 0.3) is 11.7 Å². The van der Waals surface area contributed by atoms with Gasteiger partial charge in [0.15, 0.2) is 5.69 Å². The minimum atomic E-state index is -1.88. The topological polar surface area (TPSA) is 167 Å². The second kappa shape index (κ2) is 8.36. The molecule has 11 heteroatoms. The summed E-state index contributed by atoms with van der Waals surface area (Å²) in [6, 6.07) is 8.80. The van der Waals surface area contributed by atoms with Gasteiger partial charge >= 0.3 is 0 Å². The molecule has 1 heterocycles. The van der Waals surface area contributed by atoms with Crippen molar-refractivity contribution < 1.29 is 30.5 Å². The van der Waals surface area contributed by atoms with Crippen molar-refractivity contribution in [3.63, 3.8) is 0 Å². The van der Waals surface area contributed by atoms with Crippen LogP contribution in [0.2, 0.25) is 0 Å². The smallest absolute Gasteiger partial charge is 0.298 e. The van der Waals surface area contributed by atoms with Gasteiger partial charge in [0.1, 0.15) is 5.69 Å². The minimum absolute atomic E-state index is 0.0700. The molecule has 0 saturated heterocycles. The van der Waals surface area contributed by atoms with Gasteiger partial charge in [-0.2, -0.15) is 5.23 Å². The highest BCUT2D eigenvalue weighted by Gasteiger charge is 2.34. The van der Waals surface area contributed by atoms with Crippen LogP contribution in [-0.4, -0.2) is 32.1 Å². The van der Waals surface area contributed by atoms with Gasteiger partial charge in [-0.05, 0) is 24.6 Å². The molecule has 0 aliphatic carbocycles. The minimum Gasteiger partial charge on any atom is -0.599 e. The van der Waals surface area contributed by atoms with Crippen molar-refractivity contribution in [1.82, 2.24) is 9.97 Å². The first-order chi connectivity index (χ1) is 13.8. The van der Waals surface area contributed by atoms with E-state index in [1.54, 1.807) is 31.2 Å². The molecule has 3 atom stereocenters. The van der Waals surface area contributed by atoms with E-state index in [1.807, 2.05) is 0 Å². The van der Waals surface area contributed by atoms with Gasteiger partial charge in [0, 0.05) is 17.8 Å². The number of ketones is 1. The number of Topliss-reactive ketones (excluding diaryl/α,β-unsaturated/α-hetero) is 1. The summed E-state index contributed by atoms with van der Waals surface area (Å²) < 4.78 is 0. The first kappa shape index (κ1) is 20.4. The Morgan fingerprint density at radius 3 is 2.48 bits per heavy atom. The first-order valence-electron chi connectivity index (χ1n) is 8.41. The number of quaternary nitrogens is 2. The number of carbonyl (C=O) groups is 2. The molecule has 1 aromatic heterocycles. The van der Waals surface area contributed by atoms with Crippen LogP contribution in [0.15, 0.2) is 48.7 Å². The molecule has 3 unspecified atom stereocenters. The van der Waals surface area contributed by atoms with Crippen LogP contribution in [0, 0.1) is 17.3 Å². The van der Waals surface area contributed by atoms with Crippen molar-refractivity contribution in [3.05, 3.63) is 70.3 Å². The van der Waals surface area contributed by atoms with E-state index >= 15 is 0 Å². The van der Waals surface area contributed by atoms with Crippen LogP contribution in [0.4, 0.5) is 11.4 Å². The predicted octanol–water partition coefficient (Wildman–Crippen LogP) is -0.638. The third-order valence-corrected chi connectivity index (χ3v) is 4.23. The molecule has 3 rings (SSSR count). The van der Waals surface area contributed by atoms with E-state index in [9.17, 15) is 25.2 Å². The van der Waals surface area contributed by atoms with Crippen molar-refractivity contribution in [3.8, 4) is 0 Å². The summed E-state index contributed by atoms with van der Waals surface area (Å²) in [7, 11) is 0. The third kappa shape index (κ3) is 4.41. The number of hydrogen-bond donors (Lipinski definition) is 5. The fourth-order valence-electron chi connectivity index (χ4n) is 2.70. The number of para-hydroxylation sites is 1. The van der Waals surface area contributed by atoms with E-state index in [2.05, 4.69) is 15.3 Å². The number of aryl methyl sites for hydroxylation is 1. The molecule has 5 N–H and O–H groups in total. The fourth-order valence-corrected chi connectivity index (χ4v) is 2.70. The van der Waals surface area contributed by atoms with Crippen molar-refractivity contribution in [2.45, 2.75) is 13.0 Å². The Balaban J connectivity index is 1.93. The van der Waals surface area contributed by atoms with Crippen LogP contribution in [-0.2, 0) is 9.59 Å². The molecule has 0 bridgehead atoms. The molecule has 1 amide bonds. The summed E-state index contributed by atoms with van der Waals surface area (Å²) in [5, 5.41) is 41.1. The Hall–Kier alpha value is -3.32. The quantitative estimate of drug-likeness (QED) is 0.269. The number of nitrogens with zero attached hydrogens (tertiary/aromatic N) is 2. The highest BCUT2D eigenvalue weighted by atomic mass is 16.8. The van der Waals surface area contributed by atoms with Gasteiger partial charge in [-0.15, -0.1) is 0 Å². The number of carbonyl (C=O) groups excluding carboxylic acids is 2. The summed E-state index contributed by atoms with van der Waals surface area (Å²) in [6.45, 7) is 1.73.